The first-order chi connectivity index (χ1) is 3.50. The normalized spacial score (nSPS) is 10.1. The maximum atomic E-state index is 11.8. The molecule has 0 saturated heterocycles. The molecule has 0 radical (unpaired) electrons. The third kappa shape index (κ3) is 3.24. The molecule has 0 bridgehead atoms. The quantitative estimate of drug-likeness (QED) is 0.640. The molecule has 0 fully saturated rings. The number of nitrogens with two attached hydrogens (primary N) is 1. The van der Waals surface area contributed by atoms with E-state index in [4.69, 9.17) is 0 Å². The minimum absolute atomic E-state index is 0. The Labute approximate surface area is 57.8 Å². The van der Waals surface area contributed by atoms with Crippen molar-refractivity contribution in [1.29, 1.82) is 0 Å². The van der Waals surface area contributed by atoms with Crippen molar-refractivity contribution in [1.82, 2.24) is 0 Å². The number of hydrogen-bond donors (Lipinski definition) is 1. The number of alkyl halides is 2. The maximum absolute atomic E-state index is 11.8. The minimum atomic E-state index is -3.32. The van der Waals surface area contributed by atoms with Gasteiger partial charge < -0.3 is 5.73 Å². The maximum Gasteiger partial charge on any atom is 0.324 e. The van der Waals surface area contributed by atoms with E-state index in [9.17, 15) is 13.6 Å². The van der Waals surface area contributed by atoms with Gasteiger partial charge in [-0.15, -0.1) is 12.4 Å². The van der Waals surface area contributed by atoms with Gasteiger partial charge in [0.2, 0.25) is 0 Å². The van der Waals surface area contributed by atoms with Crippen LogP contribution >= 0.6 is 12.4 Å². The lowest BCUT2D eigenvalue weighted by atomic mass is 10.2. The third-order valence-electron chi connectivity index (χ3n) is 0.805. The molecule has 1 amide bonds. The zero-order chi connectivity index (χ0) is 6.78. The summed E-state index contributed by atoms with van der Waals surface area (Å²) in [6.07, 6.45) is -0.525. The van der Waals surface area contributed by atoms with Crippen LogP contribution in [-0.4, -0.2) is 11.8 Å². The SMILES string of the molecule is CCC(F)(F)C(N)=O.Cl. The average molecular weight is 160 g/mol. The molecule has 56 valence electrons. The van der Waals surface area contributed by atoms with Crippen molar-refractivity contribution in [2.75, 3.05) is 0 Å². The molecule has 0 aromatic carbocycles. The molecule has 0 aliphatic rings. The Morgan fingerprint density at radius 3 is 2.00 bits per heavy atom. The summed E-state index contributed by atoms with van der Waals surface area (Å²) in [6.45, 7) is 1.20. The Balaban J connectivity index is 0. The van der Waals surface area contributed by atoms with Crippen molar-refractivity contribution in [2.45, 2.75) is 19.3 Å². The van der Waals surface area contributed by atoms with Gasteiger partial charge in [-0.1, -0.05) is 6.92 Å². The number of carbonyl (C=O) groups is 1. The minimum Gasteiger partial charge on any atom is -0.364 e. The van der Waals surface area contributed by atoms with Crippen LogP contribution in [0.25, 0.3) is 0 Å². The highest BCUT2D eigenvalue weighted by Gasteiger charge is 2.33. The lowest BCUT2D eigenvalue weighted by Gasteiger charge is -2.06. The summed E-state index contributed by atoms with van der Waals surface area (Å²) in [5.74, 6) is -4.88. The van der Waals surface area contributed by atoms with E-state index < -0.39 is 18.3 Å². The van der Waals surface area contributed by atoms with Crippen molar-refractivity contribution < 1.29 is 13.6 Å². The Kier molecular flexibility index (Phi) is 4.58. The first-order valence-electron chi connectivity index (χ1n) is 2.18. The van der Waals surface area contributed by atoms with Crippen LogP contribution in [0.2, 0.25) is 0 Å². The highest BCUT2D eigenvalue weighted by Crippen LogP contribution is 2.15. The summed E-state index contributed by atoms with van der Waals surface area (Å²) in [7, 11) is 0. The van der Waals surface area contributed by atoms with Gasteiger partial charge in [0.05, 0.1) is 0 Å². The molecule has 9 heavy (non-hydrogen) atoms. The number of hydrogen-bond acceptors (Lipinski definition) is 1. The van der Waals surface area contributed by atoms with Crippen LogP contribution in [0, 0.1) is 0 Å². The molecule has 5 heteroatoms. The zero-order valence-electron chi connectivity index (χ0n) is 4.86. The van der Waals surface area contributed by atoms with Crippen molar-refractivity contribution in [3.8, 4) is 0 Å². The first kappa shape index (κ1) is 11.4. The van der Waals surface area contributed by atoms with E-state index in [1.165, 1.54) is 6.92 Å². The Bertz CT molecular complexity index is 107. The Morgan fingerprint density at radius 2 is 2.00 bits per heavy atom. The lowest BCUT2D eigenvalue weighted by Crippen LogP contribution is -2.34. The predicted octanol–water partition coefficient (Wildman–Crippen LogP) is 0.939. The highest BCUT2D eigenvalue weighted by atomic mass is 35.5. The van der Waals surface area contributed by atoms with Gasteiger partial charge in [-0.25, -0.2) is 0 Å². The van der Waals surface area contributed by atoms with E-state index in [1.54, 1.807) is 0 Å². The topological polar surface area (TPSA) is 43.1 Å². The van der Waals surface area contributed by atoms with Gasteiger partial charge in [0.15, 0.2) is 0 Å². The monoisotopic (exact) mass is 159 g/mol. The second kappa shape index (κ2) is 3.61. The Hall–Kier alpha value is -0.380. The van der Waals surface area contributed by atoms with Crippen LogP contribution in [0.4, 0.5) is 8.78 Å². The molecule has 0 unspecified atom stereocenters. The van der Waals surface area contributed by atoms with Gasteiger partial charge in [-0.2, -0.15) is 8.78 Å². The first-order valence-corrected chi connectivity index (χ1v) is 2.18. The standard InChI is InChI=1S/C4H7F2NO.ClH/c1-2-4(5,6)3(7)8;/h2H2,1H3,(H2,7,8);1H. The molecule has 2 N–H and O–H groups in total. The van der Waals surface area contributed by atoms with Crippen LogP contribution < -0.4 is 5.73 Å². The van der Waals surface area contributed by atoms with Crippen LogP contribution in [-0.2, 0) is 4.79 Å². The van der Waals surface area contributed by atoms with Gasteiger partial charge >= 0.3 is 5.92 Å². The zero-order valence-corrected chi connectivity index (χ0v) is 5.67. The molecule has 0 aliphatic heterocycles. The average Bonchev–Trinajstić information content (AvgIpc) is 1.67. The van der Waals surface area contributed by atoms with Crippen molar-refractivity contribution in [2.24, 2.45) is 5.73 Å². The van der Waals surface area contributed by atoms with Crippen LogP contribution in [0.1, 0.15) is 13.3 Å². The molecule has 0 atom stereocenters. The van der Waals surface area contributed by atoms with E-state index in [2.05, 4.69) is 5.73 Å². The number of primary amides is 1. The van der Waals surface area contributed by atoms with Gasteiger partial charge in [0.1, 0.15) is 0 Å². The largest absolute Gasteiger partial charge is 0.364 e. The fourth-order valence-electron chi connectivity index (χ4n) is 0.174. The summed E-state index contributed by atoms with van der Waals surface area (Å²) in [5, 5.41) is 0. The van der Waals surface area contributed by atoms with E-state index in [1.807, 2.05) is 0 Å². The summed E-state index contributed by atoms with van der Waals surface area (Å²) >= 11 is 0. The molecule has 0 aromatic rings. The number of halogens is 3. The fourth-order valence-corrected chi connectivity index (χ4v) is 0.174. The number of rotatable bonds is 2. The molecule has 0 aromatic heterocycles. The smallest absolute Gasteiger partial charge is 0.324 e. The summed E-state index contributed by atoms with van der Waals surface area (Å²) in [5.41, 5.74) is 4.29. The van der Waals surface area contributed by atoms with Crippen molar-refractivity contribution >= 4 is 18.3 Å². The highest BCUT2D eigenvalue weighted by molar-refractivity contribution is 5.85. The lowest BCUT2D eigenvalue weighted by molar-refractivity contribution is -0.142. The number of amides is 1. The Morgan fingerprint density at radius 1 is 1.67 bits per heavy atom. The van der Waals surface area contributed by atoms with E-state index >= 15 is 0 Å². The van der Waals surface area contributed by atoms with Crippen LogP contribution in [0.3, 0.4) is 0 Å². The molecule has 0 saturated carbocycles. The van der Waals surface area contributed by atoms with Gasteiger partial charge in [0.25, 0.3) is 5.91 Å². The van der Waals surface area contributed by atoms with Crippen LogP contribution in [0.15, 0.2) is 0 Å². The summed E-state index contributed by atoms with van der Waals surface area (Å²) in [6, 6.07) is 0. The molecule has 0 heterocycles. The number of carbonyl (C=O) groups excluding carboxylic acids is 1. The molecule has 0 aliphatic carbocycles. The second-order valence-corrected chi connectivity index (χ2v) is 1.42. The van der Waals surface area contributed by atoms with Gasteiger partial charge in [0, 0.05) is 6.42 Å². The van der Waals surface area contributed by atoms with Crippen LogP contribution in [0.5, 0.6) is 0 Å². The molecular formula is C4H8ClF2NO. The van der Waals surface area contributed by atoms with E-state index in [0.29, 0.717) is 0 Å². The fraction of sp³-hybridized carbons (Fsp3) is 0.750. The predicted molar refractivity (Wildman–Crippen MR) is 31.7 cm³/mol. The molecule has 0 spiro atoms. The molecule has 2 nitrogen and oxygen atoms in total. The summed E-state index contributed by atoms with van der Waals surface area (Å²) in [4.78, 5) is 9.72. The van der Waals surface area contributed by atoms with Crippen molar-refractivity contribution in [3.05, 3.63) is 0 Å². The van der Waals surface area contributed by atoms with E-state index in [0.717, 1.165) is 0 Å². The third-order valence-corrected chi connectivity index (χ3v) is 0.805. The van der Waals surface area contributed by atoms with Gasteiger partial charge in [-0.05, 0) is 0 Å². The summed E-state index contributed by atoms with van der Waals surface area (Å²) < 4.78 is 23.6. The molecular weight excluding hydrogens is 151 g/mol. The van der Waals surface area contributed by atoms with Crippen molar-refractivity contribution in [3.63, 3.8) is 0 Å². The van der Waals surface area contributed by atoms with E-state index in [-0.39, 0.29) is 12.4 Å². The van der Waals surface area contributed by atoms with Gasteiger partial charge in [-0.3, -0.25) is 4.79 Å². The second-order valence-electron chi connectivity index (χ2n) is 1.42. The molecule has 0 rings (SSSR count).